The summed E-state index contributed by atoms with van der Waals surface area (Å²) >= 11 is 0. The van der Waals surface area contributed by atoms with E-state index in [0.29, 0.717) is 11.1 Å². The van der Waals surface area contributed by atoms with Crippen LogP contribution in [0.15, 0.2) is 78.9 Å². The van der Waals surface area contributed by atoms with Crippen LogP contribution in [0, 0.1) is 0 Å². The maximum absolute atomic E-state index is 12.6. The molecule has 136 valence electrons. The quantitative estimate of drug-likeness (QED) is 0.531. The minimum absolute atomic E-state index is 0.0128. The average molecular weight is 364 g/mol. The van der Waals surface area contributed by atoms with E-state index in [9.17, 15) is 19.8 Å². The summed E-state index contributed by atoms with van der Waals surface area (Å²) in [6.45, 7) is 0. The second kappa shape index (κ2) is 8.05. The van der Waals surface area contributed by atoms with E-state index >= 15 is 0 Å². The Kier molecular flexibility index (Phi) is 5.37. The van der Waals surface area contributed by atoms with Gasteiger partial charge in [0.25, 0.3) is 0 Å². The second-order valence-corrected chi connectivity index (χ2v) is 5.66. The standard InChI is InChI=1S/C21H16O6/c22-16-8-6-14(7-9-16)19(27-20(24)15-4-2-1-3-5-15)21(25)26-18-12-10-17(23)11-13-18/h1-13,19,22-23H. The molecule has 3 aromatic rings. The summed E-state index contributed by atoms with van der Waals surface area (Å²) in [6, 6.07) is 19.5. The highest BCUT2D eigenvalue weighted by molar-refractivity contribution is 5.92. The minimum atomic E-state index is -1.33. The molecular formula is C21H16O6. The number of carbonyl (C=O) groups is 2. The predicted molar refractivity (Wildman–Crippen MR) is 96.4 cm³/mol. The topological polar surface area (TPSA) is 93.1 Å². The van der Waals surface area contributed by atoms with Crippen molar-refractivity contribution in [3.05, 3.63) is 90.0 Å². The van der Waals surface area contributed by atoms with Crippen molar-refractivity contribution >= 4 is 11.9 Å². The van der Waals surface area contributed by atoms with E-state index in [1.54, 1.807) is 30.3 Å². The fourth-order valence-electron chi connectivity index (χ4n) is 2.33. The van der Waals surface area contributed by atoms with Gasteiger partial charge in [0.2, 0.25) is 6.10 Å². The van der Waals surface area contributed by atoms with Gasteiger partial charge < -0.3 is 19.7 Å². The van der Waals surface area contributed by atoms with Crippen molar-refractivity contribution in [2.45, 2.75) is 6.10 Å². The lowest BCUT2D eigenvalue weighted by atomic mass is 10.1. The third-order valence-electron chi connectivity index (χ3n) is 3.70. The first-order chi connectivity index (χ1) is 13.0. The van der Waals surface area contributed by atoms with Crippen LogP contribution in [0.4, 0.5) is 0 Å². The molecule has 0 amide bonds. The van der Waals surface area contributed by atoms with Crippen molar-refractivity contribution in [1.29, 1.82) is 0 Å². The van der Waals surface area contributed by atoms with E-state index in [1.807, 2.05) is 0 Å². The maximum Gasteiger partial charge on any atom is 0.357 e. The summed E-state index contributed by atoms with van der Waals surface area (Å²) in [5.41, 5.74) is 0.638. The van der Waals surface area contributed by atoms with Crippen molar-refractivity contribution in [3.8, 4) is 17.2 Å². The molecule has 1 atom stereocenters. The zero-order valence-electron chi connectivity index (χ0n) is 14.1. The minimum Gasteiger partial charge on any atom is -0.508 e. The Hall–Kier alpha value is -3.80. The van der Waals surface area contributed by atoms with Crippen LogP contribution in [0.3, 0.4) is 0 Å². The van der Waals surface area contributed by atoms with E-state index in [-0.39, 0.29) is 17.2 Å². The zero-order chi connectivity index (χ0) is 19.2. The Morgan fingerprint density at radius 3 is 1.89 bits per heavy atom. The van der Waals surface area contributed by atoms with Gasteiger partial charge in [0, 0.05) is 5.56 Å². The number of carbonyl (C=O) groups excluding carboxylic acids is 2. The molecule has 6 nitrogen and oxygen atoms in total. The molecule has 27 heavy (non-hydrogen) atoms. The van der Waals surface area contributed by atoms with E-state index < -0.39 is 18.0 Å². The van der Waals surface area contributed by atoms with Crippen molar-refractivity contribution in [2.24, 2.45) is 0 Å². The smallest absolute Gasteiger partial charge is 0.357 e. The fraction of sp³-hybridized carbons (Fsp3) is 0.0476. The van der Waals surface area contributed by atoms with E-state index in [0.717, 1.165) is 0 Å². The first-order valence-corrected chi connectivity index (χ1v) is 8.08. The molecule has 0 radical (unpaired) electrons. The highest BCUT2D eigenvalue weighted by Gasteiger charge is 2.28. The number of hydrogen-bond donors (Lipinski definition) is 2. The fourth-order valence-corrected chi connectivity index (χ4v) is 2.33. The number of phenolic OH excluding ortho intramolecular Hbond substituents is 2. The molecule has 0 bridgehead atoms. The molecule has 0 aliphatic heterocycles. The summed E-state index contributed by atoms with van der Waals surface area (Å²) < 4.78 is 10.6. The molecule has 0 saturated carbocycles. The number of ether oxygens (including phenoxy) is 2. The van der Waals surface area contributed by atoms with Gasteiger partial charge in [-0.1, -0.05) is 30.3 Å². The first-order valence-electron chi connectivity index (χ1n) is 8.08. The van der Waals surface area contributed by atoms with E-state index in [1.165, 1.54) is 48.5 Å². The van der Waals surface area contributed by atoms with Gasteiger partial charge in [-0.2, -0.15) is 0 Å². The molecule has 0 aliphatic carbocycles. The van der Waals surface area contributed by atoms with Crippen LogP contribution in [0.2, 0.25) is 0 Å². The number of rotatable bonds is 5. The summed E-state index contributed by atoms with van der Waals surface area (Å²) in [7, 11) is 0. The molecule has 0 aromatic heterocycles. The number of aromatic hydroxyl groups is 2. The van der Waals surface area contributed by atoms with Crippen LogP contribution < -0.4 is 4.74 Å². The predicted octanol–water partition coefficient (Wildman–Crippen LogP) is 3.60. The molecule has 0 fully saturated rings. The third-order valence-corrected chi connectivity index (χ3v) is 3.70. The molecule has 6 heteroatoms. The number of benzene rings is 3. The Morgan fingerprint density at radius 2 is 1.30 bits per heavy atom. The molecule has 2 N–H and O–H groups in total. The summed E-state index contributed by atoms with van der Waals surface area (Å²) in [6.07, 6.45) is -1.33. The highest BCUT2D eigenvalue weighted by Crippen LogP contribution is 2.25. The van der Waals surface area contributed by atoms with Crippen molar-refractivity contribution < 1.29 is 29.3 Å². The van der Waals surface area contributed by atoms with Gasteiger partial charge in [-0.3, -0.25) is 0 Å². The van der Waals surface area contributed by atoms with Crippen molar-refractivity contribution in [1.82, 2.24) is 0 Å². The Morgan fingerprint density at radius 1 is 0.741 bits per heavy atom. The zero-order valence-corrected chi connectivity index (χ0v) is 14.1. The van der Waals surface area contributed by atoms with Crippen LogP contribution in [0.5, 0.6) is 17.2 Å². The Labute approximate surface area is 155 Å². The Balaban J connectivity index is 1.84. The van der Waals surface area contributed by atoms with Gasteiger partial charge in [-0.05, 0) is 48.5 Å². The summed E-state index contributed by atoms with van der Waals surface area (Å²) in [5.74, 6) is -1.26. The lowest BCUT2D eigenvalue weighted by Gasteiger charge is -2.17. The van der Waals surface area contributed by atoms with Crippen LogP contribution in [-0.4, -0.2) is 22.2 Å². The number of phenols is 2. The lowest BCUT2D eigenvalue weighted by molar-refractivity contribution is -0.144. The van der Waals surface area contributed by atoms with Crippen LogP contribution in [-0.2, 0) is 9.53 Å². The molecule has 3 aromatic carbocycles. The molecule has 0 aliphatic rings. The molecular weight excluding hydrogens is 348 g/mol. The van der Waals surface area contributed by atoms with Gasteiger partial charge in [0.15, 0.2) is 0 Å². The van der Waals surface area contributed by atoms with Crippen LogP contribution >= 0.6 is 0 Å². The largest absolute Gasteiger partial charge is 0.508 e. The molecule has 3 rings (SSSR count). The summed E-state index contributed by atoms with van der Waals surface area (Å²) in [5, 5.41) is 18.8. The third kappa shape index (κ3) is 4.64. The highest BCUT2D eigenvalue weighted by atomic mass is 16.6. The number of esters is 2. The second-order valence-electron chi connectivity index (χ2n) is 5.66. The van der Waals surface area contributed by atoms with Crippen LogP contribution in [0.1, 0.15) is 22.0 Å². The van der Waals surface area contributed by atoms with E-state index in [2.05, 4.69) is 0 Å². The summed E-state index contributed by atoms with van der Waals surface area (Å²) in [4.78, 5) is 25.0. The monoisotopic (exact) mass is 364 g/mol. The molecule has 0 heterocycles. The van der Waals surface area contributed by atoms with E-state index in [4.69, 9.17) is 9.47 Å². The Bertz CT molecular complexity index is 917. The van der Waals surface area contributed by atoms with Crippen molar-refractivity contribution in [2.75, 3.05) is 0 Å². The molecule has 0 spiro atoms. The molecule has 1 unspecified atom stereocenters. The maximum atomic E-state index is 12.6. The van der Waals surface area contributed by atoms with Crippen molar-refractivity contribution in [3.63, 3.8) is 0 Å². The number of hydrogen-bond acceptors (Lipinski definition) is 6. The van der Waals surface area contributed by atoms with Gasteiger partial charge >= 0.3 is 11.9 Å². The van der Waals surface area contributed by atoms with Crippen LogP contribution in [0.25, 0.3) is 0 Å². The van der Waals surface area contributed by atoms with Gasteiger partial charge in [-0.25, -0.2) is 9.59 Å². The average Bonchev–Trinajstić information content (AvgIpc) is 2.69. The normalized spacial score (nSPS) is 11.4. The van der Waals surface area contributed by atoms with Gasteiger partial charge in [-0.15, -0.1) is 0 Å². The SMILES string of the molecule is O=C(OC(C(=O)Oc1ccc(O)cc1)c1ccc(O)cc1)c1ccccc1. The lowest BCUT2D eigenvalue weighted by Crippen LogP contribution is -2.24. The van der Waals surface area contributed by atoms with Gasteiger partial charge in [0.05, 0.1) is 5.56 Å². The first kappa shape index (κ1) is 18.0. The van der Waals surface area contributed by atoms with Gasteiger partial charge in [0.1, 0.15) is 17.2 Å². The molecule has 0 saturated heterocycles.